The minimum absolute atomic E-state index is 0.00291. The highest BCUT2D eigenvalue weighted by Crippen LogP contribution is 2.42. The lowest BCUT2D eigenvalue weighted by Gasteiger charge is -2.23. The number of rotatable bonds is 1. The highest BCUT2D eigenvalue weighted by Gasteiger charge is 2.48. The predicted octanol–water partition coefficient (Wildman–Crippen LogP) is 2.02. The van der Waals surface area contributed by atoms with E-state index in [1.807, 2.05) is 20.0 Å². The van der Waals surface area contributed by atoms with Gasteiger partial charge in [-0.15, -0.1) is 0 Å². The van der Waals surface area contributed by atoms with Crippen molar-refractivity contribution in [2.75, 3.05) is 0 Å². The van der Waals surface area contributed by atoms with E-state index < -0.39 is 0 Å². The van der Waals surface area contributed by atoms with Crippen molar-refractivity contribution < 1.29 is 4.74 Å². The molecule has 0 radical (unpaired) electrons. The van der Waals surface area contributed by atoms with Gasteiger partial charge in [0.05, 0.1) is 17.6 Å². The molecule has 2 heterocycles. The van der Waals surface area contributed by atoms with E-state index in [9.17, 15) is 0 Å². The Balaban J connectivity index is 1.79. The fourth-order valence-corrected chi connectivity index (χ4v) is 3.47. The highest BCUT2D eigenvalue weighted by atomic mass is 16.5. The second-order valence-electron chi connectivity index (χ2n) is 6.15. The molecule has 2 aromatic rings. The van der Waals surface area contributed by atoms with Gasteiger partial charge in [-0.2, -0.15) is 0 Å². The Morgan fingerprint density at radius 3 is 2.77 bits per heavy atom. The van der Waals surface area contributed by atoms with Gasteiger partial charge in [0.25, 0.3) is 6.02 Å². The van der Waals surface area contributed by atoms with Crippen LogP contribution in [0.2, 0.25) is 0 Å². The van der Waals surface area contributed by atoms with Crippen LogP contribution >= 0.6 is 0 Å². The summed E-state index contributed by atoms with van der Waals surface area (Å²) >= 11 is 0. The van der Waals surface area contributed by atoms with E-state index in [0.29, 0.717) is 6.02 Å². The Labute approximate surface area is 129 Å². The first-order valence-electron chi connectivity index (χ1n) is 7.49. The molecule has 1 aromatic heterocycles. The van der Waals surface area contributed by atoms with Gasteiger partial charge in [0.2, 0.25) is 0 Å². The molecule has 0 fully saturated rings. The molecule has 5 nitrogen and oxygen atoms in total. The van der Waals surface area contributed by atoms with Crippen molar-refractivity contribution in [1.82, 2.24) is 9.97 Å². The number of aliphatic imine (C=N–C) groups is 1. The normalized spacial score (nSPS) is 25.9. The molecule has 1 aliphatic heterocycles. The lowest BCUT2D eigenvalue weighted by atomic mass is 9.91. The summed E-state index contributed by atoms with van der Waals surface area (Å²) in [6.07, 6.45) is 5.32. The van der Waals surface area contributed by atoms with Crippen LogP contribution in [-0.4, -0.2) is 27.6 Å². The van der Waals surface area contributed by atoms with E-state index in [4.69, 9.17) is 10.5 Å². The molecule has 2 aliphatic rings. The summed E-state index contributed by atoms with van der Waals surface area (Å²) in [5.74, 6) is 0. The number of fused-ring (bicyclic) bond motifs is 1. The topological polar surface area (TPSA) is 73.4 Å². The third-order valence-electron chi connectivity index (χ3n) is 4.70. The maximum Gasteiger partial charge on any atom is 0.282 e. The first-order valence-corrected chi connectivity index (χ1v) is 7.49. The fraction of sp³-hybridized carbons (Fsp3) is 0.353. The van der Waals surface area contributed by atoms with Crippen LogP contribution in [0.4, 0.5) is 0 Å². The number of ether oxygens (including phenoxy) is 1. The molecule has 2 N–H and O–H groups in total. The van der Waals surface area contributed by atoms with Crippen molar-refractivity contribution in [3.63, 3.8) is 0 Å². The fourth-order valence-electron chi connectivity index (χ4n) is 3.47. The van der Waals surface area contributed by atoms with Crippen molar-refractivity contribution in [1.29, 1.82) is 0 Å². The van der Waals surface area contributed by atoms with Gasteiger partial charge in [0.1, 0.15) is 11.6 Å². The van der Waals surface area contributed by atoms with E-state index >= 15 is 0 Å². The van der Waals surface area contributed by atoms with Crippen molar-refractivity contribution in [2.24, 2.45) is 10.7 Å². The average molecular weight is 294 g/mol. The third-order valence-corrected chi connectivity index (χ3v) is 4.70. The second kappa shape index (κ2) is 4.53. The van der Waals surface area contributed by atoms with Crippen LogP contribution in [0, 0.1) is 6.92 Å². The molecule has 22 heavy (non-hydrogen) atoms. The van der Waals surface area contributed by atoms with Crippen molar-refractivity contribution >= 4 is 6.02 Å². The Morgan fingerprint density at radius 2 is 2.09 bits per heavy atom. The zero-order chi connectivity index (χ0) is 15.3. The maximum absolute atomic E-state index is 5.79. The number of amidine groups is 1. The number of benzene rings is 1. The maximum atomic E-state index is 5.79. The lowest BCUT2D eigenvalue weighted by molar-refractivity contribution is 0.157. The van der Waals surface area contributed by atoms with Crippen molar-refractivity contribution in [2.45, 2.75) is 38.3 Å². The largest absolute Gasteiger partial charge is 0.460 e. The number of aryl methyl sites for hydroxylation is 1. The number of aromatic nitrogens is 2. The summed E-state index contributed by atoms with van der Waals surface area (Å²) in [5.41, 5.74) is 11.1. The summed E-state index contributed by atoms with van der Waals surface area (Å²) in [7, 11) is 0. The summed E-state index contributed by atoms with van der Waals surface area (Å²) in [5, 5.41) is 0. The van der Waals surface area contributed by atoms with Crippen LogP contribution in [0.5, 0.6) is 0 Å². The number of hydrogen-bond acceptors (Lipinski definition) is 5. The minimum atomic E-state index is -0.263. The molecule has 4 rings (SSSR count). The smallest absolute Gasteiger partial charge is 0.282 e. The van der Waals surface area contributed by atoms with Gasteiger partial charge in [-0.1, -0.05) is 18.2 Å². The first-order chi connectivity index (χ1) is 10.6. The predicted molar refractivity (Wildman–Crippen MR) is 84.5 cm³/mol. The van der Waals surface area contributed by atoms with Crippen LogP contribution in [0.3, 0.4) is 0 Å². The average Bonchev–Trinajstić information content (AvgIpc) is 2.99. The Bertz CT molecular complexity index is 769. The lowest BCUT2D eigenvalue weighted by Crippen LogP contribution is -2.36. The summed E-state index contributed by atoms with van der Waals surface area (Å²) in [6, 6.07) is 6.64. The minimum Gasteiger partial charge on any atom is -0.460 e. The van der Waals surface area contributed by atoms with Gasteiger partial charge in [0, 0.05) is 24.6 Å². The van der Waals surface area contributed by atoms with Gasteiger partial charge in [-0.25, -0.2) is 4.99 Å². The van der Waals surface area contributed by atoms with Crippen LogP contribution in [0.1, 0.15) is 23.7 Å². The van der Waals surface area contributed by atoms with Gasteiger partial charge in [-0.05, 0) is 25.0 Å². The third kappa shape index (κ3) is 1.89. The number of hydrogen-bond donors (Lipinski definition) is 1. The summed E-state index contributed by atoms with van der Waals surface area (Å²) < 4.78 is 5.59. The standard InChI is InChI=1S/C17H18N4O/c1-10-8-20-15(9-19-10)13-5-3-4-12-6-17(7-14(12)13)11(2)22-16(18)21-17/h3-5,8-9,11H,6-7H2,1-2H3,(H2,18,21). The van der Waals surface area contributed by atoms with Crippen LogP contribution in [0.15, 0.2) is 35.6 Å². The SMILES string of the molecule is Cc1cnc(-c2cccc3c2CC2(C3)N=C(N)OC2C)cn1. The molecule has 5 heteroatoms. The molecule has 1 aliphatic carbocycles. The van der Waals surface area contributed by atoms with E-state index in [1.54, 1.807) is 6.20 Å². The molecule has 0 saturated heterocycles. The molecule has 1 aromatic carbocycles. The molecule has 0 bridgehead atoms. The Kier molecular flexibility index (Phi) is 2.73. The zero-order valence-electron chi connectivity index (χ0n) is 12.7. The molecular weight excluding hydrogens is 276 g/mol. The van der Waals surface area contributed by atoms with Gasteiger partial charge >= 0.3 is 0 Å². The highest BCUT2D eigenvalue weighted by molar-refractivity contribution is 5.75. The Hall–Kier alpha value is -2.43. The van der Waals surface area contributed by atoms with Crippen LogP contribution < -0.4 is 5.73 Å². The molecule has 112 valence electrons. The summed E-state index contributed by atoms with van der Waals surface area (Å²) in [4.78, 5) is 13.5. The van der Waals surface area contributed by atoms with Gasteiger partial charge < -0.3 is 10.5 Å². The molecule has 2 unspecified atom stereocenters. The van der Waals surface area contributed by atoms with E-state index in [-0.39, 0.29) is 11.6 Å². The molecule has 0 saturated carbocycles. The molecule has 2 atom stereocenters. The van der Waals surface area contributed by atoms with Gasteiger partial charge in [0.15, 0.2) is 0 Å². The first kappa shape index (κ1) is 13.2. The van der Waals surface area contributed by atoms with Gasteiger partial charge in [-0.3, -0.25) is 9.97 Å². The van der Waals surface area contributed by atoms with E-state index in [2.05, 4.69) is 33.2 Å². The molecule has 0 amide bonds. The van der Waals surface area contributed by atoms with E-state index in [0.717, 1.165) is 29.8 Å². The number of nitrogens with two attached hydrogens (primary N) is 1. The van der Waals surface area contributed by atoms with Crippen LogP contribution in [-0.2, 0) is 17.6 Å². The Morgan fingerprint density at radius 1 is 1.23 bits per heavy atom. The van der Waals surface area contributed by atoms with Crippen molar-refractivity contribution in [3.05, 3.63) is 47.4 Å². The molecular formula is C17H18N4O. The van der Waals surface area contributed by atoms with Crippen LogP contribution in [0.25, 0.3) is 11.3 Å². The number of nitrogens with zero attached hydrogens (tertiary/aromatic N) is 3. The molecule has 1 spiro atoms. The van der Waals surface area contributed by atoms with Crippen molar-refractivity contribution in [3.8, 4) is 11.3 Å². The summed E-state index contributed by atoms with van der Waals surface area (Å²) in [6.45, 7) is 3.98. The van der Waals surface area contributed by atoms with E-state index in [1.165, 1.54) is 11.1 Å². The zero-order valence-corrected chi connectivity index (χ0v) is 12.7. The second-order valence-corrected chi connectivity index (χ2v) is 6.15. The quantitative estimate of drug-likeness (QED) is 0.873. The monoisotopic (exact) mass is 294 g/mol.